The first-order valence-electron chi connectivity index (χ1n) is 1.82. The number of carbonyl (C=O) groups excluding carboxylic acids is 2. The number of amides is 2. The van der Waals surface area contributed by atoms with Gasteiger partial charge in [-0.2, -0.15) is 0 Å². The molecule has 4 heteroatoms. The first-order valence-corrected chi connectivity index (χ1v) is 1.82. The van der Waals surface area contributed by atoms with E-state index in [0.717, 1.165) is 0 Å². The van der Waals surface area contributed by atoms with E-state index < -0.39 is 0 Å². The van der Waals surface area contributed by atoms with Crippen molar-refractivity contribution < 1.29 is 32.0 Å². The van der Waals surface area contributed by atoms with Crippen molar-refractivity contribution in [2.24, 2.45) is 0 Å². The van der Waals surface area contributed by atoms with Crippen LogP contribution >= 0.6 is 0 Å². The molecule has 0 aromatic rings. The zero-order valence-electron chi connectivity index (χ0n) is 3.77. The van der Waals surface area contributed by atoms with Crippen LogP contribution in [-0.4, -0.2) is 11.8 Å². The summed E-state index contributed by atoms with van der Waals surface area (Å²) in [6, 6.07) is 0. The van der Waals surface area contributed by atoms with Gasteiger partial charge in [0.25, 0.3) is 11.8 Å². The molecule has 46 valence electrons. The SMILES string of the molecule is O=C1C=CC(=O)N1.[Ag+]. The van der Waals surface area contributed by atoms with Crippen molar-refractivity contribution in [3.05, 3.63) is 12.2 Å². The summed E-state index contributed by atoms with van der Waals surface area (Å²) in [5.41, 5.74) is 0. The Balaban J connectivity index is 0.000000490. The van der Waals surface area contributed by atoms with Crippen molar-refractivity contribution in [3.8, 4) is 0 Å². The minimum absolute atomic E-state index is 0. The summed E-state index contributed by atoms with van der Waals surface area (Å²) in [6.07, 6.45) is 2.39. The van der Waals surface area contributed by atoms with E-state index in [0.29, 0.717) is 0 Å². The van der Waals surface area contributed by atoms with Crippen LogP contribution in [-0.2, 0) is 32.0 Å². The molecular formula is C4H3AgNO2+. The summed E-state index contributed by atoms with van der Waals surface area (Å²) < 4.78 is 0. The first kappa shape index (κ1) is 7.62. The van der Waals surface area contributed by atoms with Crippen LogP contribution in [0, 0.1) is 0 Å². The van der Waals surface area contributed by atoms with Crippen LogP contribution in [0.1, 0.15) is 0 Å². The zero-order valence-corrected chi connectivity index (χ0v) is 5.25. The normalized spacial score (nSPS) is 15.5. The van der Waals surface area contributed by atoms with Crippen molar-refractivity contribution in [1.29, 1.82) is 0 Å². The van der Waals surface area contributed by atoms with Gasteiger partial charge in [0, 0.05) is 12.2 Å². The maximum atomic E-state index is 10.0. The summed E-state index contributed by atoms with van der Waals surface area (Å²) in [5.74, 6) is -0.657. The van der Waals surface area contributed by atoms with Crippen molar-refractivity contribution in [2.75, 3.05) is 0 Å². The van der Waals surface area contributed by atoms with Crippen LogP contribution in [0.3, 0.4) is 0 Å². The third kappa shape index (κ3) is 1.61. The molecule has 0 aliphatic carbocycles. The molecule has 0 aromatic heterocycles. The van der Waals surface area contributed by atoms with Crippen LogP contribution in [0.4, 0.5) is 0 Å². The van der Waals surface area contributed by atoms with Crippen molar-refractivity contribution >= 4 is 11.8 Å². The Labute approximate surface area is 61.6 Å². The van der Waals surface area contributed by atoms with E-state index in [1.807, 2.05) is 5.32 Å². The Hall–Kier alpha value is -0.380. The van der Waals surface area contributed by atoms with Gasteiger partial charge in [0.1, 0.15) is 0 Å². The molecule has 0 unspecified atom stereocenters. The molecule has 1 aliphatic rings. The van der Waals surface area contributed by atoms with Gasteiger partial charge >= 0.3 is 22.4 Å². The third-order valence-electron chi connectivity index (χ3n) is 0.632. The van der Waals surface area contributed by atoms with E-state index in [-0.39, 0.29) is 34.2 Å². The molecule has 0 aromatic carbocycles. The molecule has 0 saturated carbocycles. The summed E-state index contributed by atoms with van der Waals surface area (Å²) in [6.45, 7) is 0. The van der Waals surface area contributed by atoms with Gasteiger partial charge in [-0.25, -0.2) is 0 Å². The second kappa shape index (κ2) is 2.81. The molecule has 0 saturated heterocycles. The maximum Gasteiger partial charge on any atom is 1.00 e. The molecule has 0 bridgehead atoms. The molecule has 3 nitrogen and oxygen atoms in total. The van der Waals surface area contributed by atoms with Gasteiger partial charge in [-0.05, 0) is 0 Å². The summed E-state index contributed by atoms with van der Waals surface area (Å²) in [4.78, 5) is 20.1. The topological polar surface area (TPSA) is 46.2 Å². The Morgan fingerprint density at radius 2 is 1.50 bits per heavy atom. The van der Waals surface area contributed by atoms with Gasteiger partial charge in [-0.15, -0.1) is 0 Å². The Morgan fingerprint density at radius 3 is 1.62 bits per heavy atom. The molecule has 1 heterocycles. The van der Waals surface area contributed by atoms with Crippen molar-refractivity contribution in [1.82, 2.24) is 5.32 Å². The van der Waals surface area contributed by atoms with Gasteiger partial charge in [0.2, 0.25) is 0 Å². The second-order valence-corrected chi connectivity index (χ2v) is 1.19. The fourth-order valence-corrected chi connectivity index (χ4v) is 0.356. The molecule has 0 fully saturated rings. The van der Waals surface area contributed by atoms with Gasteiger partial charge in [-0.3, -0.25) is 14.9 Å². The first-order chi connectivity index (χ1) is 3.29. The number of nitrogens with one attached hydrogen (secondary N) is 1. The molecule has 1 aliphatic heterocycles. The number of rotatable bonds is 0. The van der Waals surface area contributed by atoms with Crippen LogP contribution < -0.4 is 5.32 Å². The fraction of sp³-hybridized carbons (Fsp3) is 0. The Kier molecular flexibility index (Phi) is 2.68. The zero-order chi connectivity index (χ0) is 5.28. The van der Waals surface area contributed by atoms with E-state index in [2.05, 4.69) is 0 Å². The molecular weight excluding hydrogens is 202 g/mol. The summed E-state index contributed by atoms with van der Waals surface area (Å²) >= 11 is 0. The minimum atomic E-state index is -0.329. The third-order valence-corrected chi connectivity index (χ3v) is 0.632. The van der Waals surface area contributed by atoms with E-state index in [1.165, 1.54) is 12.2 Å². The van der Waals surface area contributed by atoms with E-state index in [9.17, 15) is 9.59 Å². The Bertz CT molecular complexity index is 136. The average Bonchev–Trinajstić information content (AvgIpc) is 1.87. The van der Waals surface area contributed by atoms with Crippen molar-refractivity contribution in [3.63, 3.8) is 0 Å². The van der Waals surface area contributed by atoms with Crippen LogP contribution in [0.25, 0.3) is 0 Å². The van der Waals surface area contributed by atoms with E-state index >= 15 is 0 Å². The maximum absolute atomic E-state index is 10.0. The van der Waals surface area contributed by atoms with Gasteiger partial charge < -0.3 is 0 Å². The molecule has 1 rings (SSSR count). The molecule has 2 amide bonds. The number of hydrogen-bond donors (Lipinski definition) is 1. The largest absolute Gasteiger partial charge is 1.00 e. The van der Waals surface area contributed by atoms with Gasteiger partial charge in [-0.1, -0.05) is 0 Å². The minimum Gasteiger partial charge on any atom is -0.289 e. The predicted octanol–water partition coefficient (Wildman–Crippen LogP) is -0.804. The molecule has 0 spiro atoms. The van der Waals surface area contributed by atoms with Crippen molar-refractivity contribution in [2.45, 2.75) is 0 Å². The quantitative estimate of drug-likeness (QED) is 0.415. The fourth-order valence-electron chi connectivity index (χ4n) is 0.356. The molecule has 0 atom stereocenters. The van der Waals surface area contributed by atoms with E-state index in [1.54, 1.807) is 0 Å². The summed E-state index contributed by atoms with van der Waals surface area (Å²) in [5, 5.41) is 2.03. The second-order valence-electron chi connectivity index (χ2n) is 1.19. The number of carbonyl (C=O) groups is 2. The standard InChI is InChI=1S/C4H3NO2.Ag/c6-3-1-2-4(7)5-3;/h1-2H,(H,5,6,7);/q;+1. The van der Waals surface area contributed by atoms with Crippen LogP contribution in [0.2, 0.25) is 0 Å². The summed E-state index contributed by atoms with van der Waals surface area (Å²) in [7, 11) is 0. The molecule has 1 N–H and O–H groups in total. The smallest absolute Gasteiger partial charge is 0.289 e. The number of hydrogen-bond acceptors (Lipinski definition) is 2. The van der Waals surface area contributed by atoms with Gasteiger partial charge in [0.15, 0.2) is 0 Å². The average molecular weight is 205 g/mol. The van der Waals surface area contributed by atoms with Gasteiger partial charge in [0.05, 0.1) is 0 Å². The molecule has 8 heavy (non-hydrogen) atoms. The Morgan fingerprint density at radius 1 is 1.12 bits per heavy atom. The van der Waals surface area contributed by atoms with Crippen LogP contribution in [0.15, 0.2) is 12.2 Å². The number of imide groups is 1. The van der Waals surface area contributed by atoms with Crippen LogP contribution in [0.5, 0.6) is 0 Å². The molecule has 0 radical (unpaired) electrons. The van der Waals surface area contributed by atoms with E-state index in [4.69, 9.17) is 0 Å². The monoisotopic (exact) mass is 204 g/mol. The predicted molar refractivity (Wildman–Crippen MR) is 22.3 cm³/mol.